The van der Waals surface area contributed by atoms with Gasteiger partial charge in [0, 0.05) is 16.9 Å². The van der Waals surface area contributed by atoms with Crippen molar-refractivity contribution in [2.24, 2.45) is 0 Å². The van der Waals surface area contributed by atoms with E-state index < -0.39 is 5.41 Å². The van der Waals surface area contributed by atoms with Gasteiger partial charge in [0.25, 0.3) is 0 Å². The number of rotatable bonds is 5. The molecule has 0 bridgehead atoms. The van der Waals surface area contributed by atoms with Crippen LogP contribution >= 0.6 is 0 Å². The summed E-state index contributed by atoms with van der Waals surface area (Å²) in [5.41, 5.74) is 26.6. The molecule has 0 saturated carbocycles. The number of anilines is 3. The van der Waals surface area contributed by atoms with Crippen LogP contribution in [0.1, 0.15) is 103 Å². The molecule has 4 aliphatic rings. The van der Waals surface area contributed by atoms with Gasteiger partial charge in [-0.2, -0.15) is 0 Å². The van der Waals surface area contributed by atoms with Crippen LogP contribution in [0.25, 0.3) is 44.5 Å². The van der Waals surface area contributed by atoms with Crippen LogP contribution in [0.4, 0.5) is 17.1 Å². The van der Waals surface area contributed by atoms with E-state index in [0.29, 0.717) is 0 Å². The highest BCUT2D eigenvalue weighted by atomic mass is 15.1. The van der Waals surface area contributed by atoms with Crippen molar-refractivity contribution in [3.05, 3.63) is 220 Å². The van der Waals surface area contributed by atoms with Crippen molar-refractivity contribution in [3.63, 3.8) is 0 Å². The van der Waals surface area contributed by atoms with Crippen molar-refractivity contribution in [1.29, 1.82) is 0 Å². The van der Waals surface area contributed by atoms with Crippen LogP contribution in [0.15, 0.2) is 170 Å². The lowest BCUT2D eigenvalue weighted by Crippen LogP contribution is -2.34. The van der Waals surface area contributed by atoms with E-state index in [2.05, 4.69) is 209 Å². The summed E-state index contributed by atoms with van der Waals surface area (Å²) in [5, 5.41) is 0. The smallest absolute Gasteiger partial charge is 0.0726 e. The third-order valence-electron chi connectivity index (χ3n) is 15.7. The Labute approximate surface area is 374 Å². The second-order valence-electron chi connectivity index (χ2n) is 20.2. The molecule has 308 valence electrons. The highest BCUT2D eigenvalue weighted by Crippen LogP contribution is 2.64. The lowest BCUT2D eigenvalue weighted by Gasteiger charge is -2.42. The SMILES string of the molecule is Cc1cc2c(cc1-c1cc3c(cc1N(c1ccc(-c4ccccc4)cc1)c1ccc4c(c1)CCCC4)C1(c4ccccc4-c4ccccc41)c1ccccc1-3)C(C)(C)CCC2(C)C. The lowest BCUT2D eigenvalue weighted by molar-refractivity contribution is 0.332. The van der Waals surface area contributed by atoms with Gasteiger partial charge in [-0.3, -0.25) is 0 Å². The molecule has 0 amide bonds. The molecule has 1 spiro atoms. The van der Waals surface area contributed by atoms with E-state index in [1.54, 1.807) is 0 Å². The summed E-state index contributed by atoms with van der Waals surface area (Å²) in [7, 11) is 0. The van der Waals surface area contributed by atoms with E-state index in [0.717, 1.165) is 12.8 Å². The summed E-state index contributed by atoms with van der Waals surface area (Å²) in [4.78, 5) is 2.61. The highest BCUT2D eigenvalue weighted by molar-refractivity contribution is 6.00. The quantitative estimate of drug-likeness (QED) is 0.167. The van der Waals surface area contributed by atoms with Crippen LogP contribution in [-0.4, -0.2) is 0 Å². The van der Waals surface area contributed by atoms with E-state index in [4.69, 9.17) is 0 Å². The third kappa shape index (κ3) is 5.68. The predicted octanol–water partition coefficient (Wildman–Crippen LogP) is 16.4. The van der Waals surface area contributed by atoms with Gasteiger partial charge in [-0.05, 0) is 188 Å². The molecule has 63 heavy (non-hydrogen) atoms. The maximum atomic E-state index is 2.63. The number of aryl methyl sites for hydroxylation is 3. The molecule has 0 saturated heterocycles. The van der Waals surface area contributed by atoms with Gasteiger partial charge < -0.3 is 4.90 Å². The van der Waals surface area contributed by atoms with Gasteiger partial charge >= 0.3 is 0 Å². The number of nitrogens with zero attached hydrogens (tertiary/aromatic N) is 1. The fraction of sp³-hybridized carbons (Fsp3) is 0.226. The third-order valence-corrected chi connectivity index (χ3v) is 15.7. The van der Waals surface area contributed by atoms with Crippen molar-refractivity contribution >= 4 is 17.1 Å². The van der Waals surface area contributed by atoms with Gasteiger partial charge in [-0.1, -0.05) is 155 Å². The van der Waals surface area contributed by atoms with E-state index in [1.165, 1.54) is 137 Å². The lowest BCUT2D eigenvalue weighted by atomic mass is 9.62. The number of fused-ring (bicyclic) bond motifs is 12. The van der Waals surface area contributed by atoms with Gasteiger partial charge in [0.2, 0.25) is 0 Å². The van der Waals surface area contributed by atoms with E-state index in [-0.39, 0.29) is 10.8 Å². The normalized spacial score (nSPS) is 16.7. The Balaban J connectivity index is 1.20. The standard InChI is InChI=1S/C62H55N/c1-40-35-57-58(61(4,5)34-33-60(57,2)3)38-50(40)52-37-51-49-23-13-16-26-55(49)62(53-24-14-11-21-47(53)48-22-12-15-25-54(48)62)56(51)39-59(52)63(46-32-29-42-19-9-10-20-44(42)36-46)45-30-27-43(28-31-45)41-17-7-6-8-18-41/h6-8,11-18,21-32,35-39H,9-10,19-20,33-34H2,1-5H3. The molecule has 1 heteroatoms. The minimum Gasteiger partial charge on any atom is -0.310 e. The molecule has 1 nitrogen and oxygen atoms in total. The Morgan fingerprint density at radius 3 is 1.54 bits per heavy atom. The summed E-state index contributed by atoms with van der Waals surface area (Å²) in [6.45, 7) is 12.2. The molecule has 8 aromatic carbocycles. The van der Waals surface area contributed by atoms with Crippen LogP contribution in [0.5, 0.6) is 0 Å². The first-order chi connectivity index (χ1) is 30.6. The second-order valence-corrected chi connectivity index (χ2v) is 20.2. The summed E-state index contributed by atoms with van der Waals surface area (Å²) in [6.07, 6.45) is 7.17. The molecule has 0 unspecified atom stereocenters. The number of hydrogen-bond acceptors (Lipinski definition) is 1. The Kier molecular flexibility index (Phi) is 8.52. The van der Waals surface area contributed by atoms with E-state index >= 15 is 0 Å². The van der Waals surface area contributed by atoms with Crippen LogP contribution in [-0.2, 0) is 29.1 Å². The summed E-state index contributed by atoms with van der Waals surface area (Å²) in [6, 6.07) is 65.6. The molecule has 4 aliphatic carbocycles. The number of hydrogen-bond donors (Lipinski definition) is 0. The Hall–Kier alpha value is -6.44. The molecule has 0 radical (unpaired) electrons. The zero-order chi connectivity index (χ0) is 42.7. The van der Waals surface area contributed by atoms with Crippen LogP contribution in [0.2, 0.25) is 0 Å². The molecule has 0 heterocycles. The molecule has 0 atom stereocenters. The van der Waals surface area contributed by atoms with Gasteiger partial charge in [0.15, 0.2) is 0 Å². The van der Waals surface area contributed by atoms with E-state index in [1.807, 2.05) is 0 Å². The fourth-order valence-corrected chi connectivity index (χ4v) is 12.3. The maximum Gasteiger partial charge on any atom is 0.0726 e. The van der Waals surface area contributed by atoms with Gasteiger partial charge in [-0.15, -0.1) is 0 Å². The minimum absolute atomic E-state index is 0.0730. The average molecular weight is 814 g/mol. The molecule has 0 aliphatic heterocycles. The zero-order valence-electron chi connectivity index (χ0n) is 37.4. The van der Waals surface area contributed by atoms with Crippen molar-refractivity contribution in [2.75, 3.05) is 4.90 Å². The van der Waals surface area contributed by atoms with E-state index in [9.17, 15) is 0 Å². The second kappa shape index (κ2) is 14.0. The Morgan fingerprint density at radius 1 is 0.381 bits per heavy atom. The molecule has 0 N–H and O–H groups in total. The number of benzene rings is 8. The maximum absolute atomic E-state index is 2.63. The van der Waals surface area contributed by atoms with Crippen LogP contribution in [0, 0.1) is 6.92 Å². The minimum atomic E-state index is -0.456. The highest BCUT2D eigenvalue weighted by Gasteiger charge is 2.52. The topological polar surface area (TPSA) is 3.24 Å². The van der Waals surface area contributed by atoms with Crippen molar-refractivity contribution in [1.82, 2.24) is 0 Å². The van der Waals surface area contributed by atoms with Gasteiger partial charge in [0.1, 0.15) is 0 Å². The molecule has 8 aromatic rings. The predicted molar refractivity (Wildman–Crippen MR) is 265 cm³/mol. The van der Waals surface area contributed by atoms with Gasteiger partial charge in [0.05, 0.1) is 11.1 Å². The van der Waals surface area contributed by atoms with Crippen molar-refractivity contribution in [2.45, 2.75) is 89.4 Å². The summed E-state index contributed by atoms with van der Waals surface area (Å²) in [5.74, 6) is 0. The van der Waals surface area contributed by atoms with Crippen molar-refractivity contribution < 1.29 is 0 Å². The Bertz CT molecular complexity index is 3080. The molecular weight excluding hydrogens is 759 g/mol. The first kappa shape index (κ1) is 38.3. The summed E-state index contributed by atoms with van der Waals surface area (Å²) >= 11 is 0. The molecule has 0 aromatic heterocycles. The molecule has 12 rings (SSSR count). The first-order valence-electron chi connectivity index (χ1n) is 23.3. The largest absolute Gasteiger partial charge is 0.310 e. The fourth-order valence-electron chi connectivity index (χ4n) is 12.3. The van der Waals surface area contributed by atoms with Crippen LogP contribution < -0.4 is 4.90 Å². The van der Waals surface area contributed by atoms with Crippen molar-refractivity contribution in [3.8, 4) is 44.5 Å². The summed E-state index contributed by atoms with van der Waals surface area (Å²) < 4.78 is 0. The Morgan fingerprint density at radius 2 is 0.905 bits per heavy atom. The molecular formula is C62H55N. The molecule has 0 fully saturated rings. The van der Waals surface area contributed by atoms with Gasteiger partial charge in [-0.25, -0.2) is 0 Å². The van der Waals surface area contributed by atoms with Crippen LogP contribution in [0.3, 0.4) is 0 Å². The first-order valence-corrected chi connectivity index (χ1v) is 23.3. The monoisotopic (exact) mass is 813 g/mol. The zero-order valence-corrected chi connectivity index (χ0v) is 37.4. The average Bonchev–Trinajstić information content (AvgIpc) is 3.78.